The molecule has 4 heteroatoms. The summed E-state index contributed by atoms with van der Waals surface area (Å²) in [7, 11) is 0. The van der Waals surface area contributed by atoms with Crippen molar-refractivity contribution in [2.75, 3.05) is 11.1 Å². The standard InChI is InChI=1S/C11H11ClN2O/c12-10-6-8(13)3-4-11(10)14-7-9-2-1-5-15-9/h1-6,14H,7,13H2. The Bertz CT molecular complexity index is 440. The van der Waals surface area contributed by atoms with Crippen molar-refractivity contribution >= 4 is 23.0 Å². The number of hydrogen-bond acceptors (Lipinski definition) is 3. The van der Waals surface area contributed by atoms with Crippen molar-refractivity contribution in [1.82, 2.24) is 0 Å². The monoisotopic (exact) mass is 222 g/mol. The van der Waals surface area contributed by atoms with E-state index in [1.165, 1.54) is 0 Å². The largest absolute Gasteiger partial charge is 0.467 e. The van der Waals surface area contributed by atoms with Crippen molar-refractivity contribution in [3.8, 4) is 0 Å². The predicted molar refractivity (Wildman–Crippen MR) is 61.9 cm³/mol. The average Bonchev–Trinajstić information content (AvgIpc) is 2.69. The molecule has 1 aromatic heterocycles. The number of nitrogen functional groups attached to an aromatic ring is 1. The number of benzene rings is 1. The fourth-order valence-corrected chi connectivity index (χ4v) is 1.53. The summed E-state index contributed by atoms with van der Waals surface area (Å²) in [6.45, 7) is 0.608. The highest BCUT2D eigenvalue weighted by Crippen LogP contribution is 2.24. The molecule has 0 unspecified atom stereocenters. The fraction of sp³-hybridized carbons (Fsp3) is 0.0909. The smallest absolute Gasteiger partial charge is 0.122 e. The maximum atomic E-state index is 6.00. The van der Waals surface area contributed by atoms with Crippen LogP contribution in [0.3, 0.4) is 0 Å². The van der Waals surface area contributed by atoms with Gasteiger partial charge in [-0.25, -0.2) is 0 Å². The van der Waals surface area contributed by atoms with Crippen molar-refractivity contribution < 1.29 is 4.42 Å². The Morgan fingerprint density at radius 2 is 2.20 bits per heavy atom. The highest BCUT2D eigenvalue weighted by Gasteiger charge is 2.01. The van der Waals surface area contributed by atoms with Gasteiger partial charge in [0.25, 0.3) is 0 Å². The summed E-state index contributed by atoms with van der Waals surface area (Å²) >= 11 is 6.00. The van der Waals surface area contributed by atoms with E-state index in [4.69, 9.17) is 21.8 Å². The maximum Gasteiger partial charge on any atom is 0.122 e. The van der Waals surface area contributed by atoms with Gasteiger partial charge in [-0.3, -0.25) is 0 Å². The van der Waals surface area contributed by atoms with Crippen molar-refractivity contribution in [3.05, 3.63) is 47.4 Å². The first-order valence-corrected chi connectivity index (χ1v) is 4.95. The van der Waals surface area contributed by atoms with Crippen LogP contribution in [-0.2, 0) is 6.54 Å². The van der Waals surface area contributed by atoms with Crippen LogP contribution < -0.4 is 11.1 Å². The number of anilines is 2. The number of hydrogen-bond donors (Lipinski definition) is 2. The molecule has 0 aliphatic rings. The van der Waals surface area contributed by atoms with Gasteiger partial charge >= 0.3 is 0 Å². The van der Waals surface area contributed by atoms with Gasteiger partial charge in [-0.2, -0.15) is 0 Å². The first kappa shape index (κ1) is 9.93. The van der Waals surface area contributed by atoms with Crippen LogP contribution in [0.1, 0.15) is 5.76 Å². The molecular formula is C11H11ClN2O. The molecule has 78 valence electrons. The topological polar surface area (TPSA) is 51.2 Å². The van der Waals surface area contributed by atoms with Crippen LogP contribution in [0.4, 0.5) is 11.4 Å². The molecule has 0 fully saturated rings. The van der Waals surface area contributed by atoms with E-state index in [0.29, 0.717) is 17.3 Å². The van der Waals surface area contributed by atoms with Crippen molar-refractivity contribution in [3.63, 3.8) is 0 Å². The number of furan rings is 1. The van der Waals surface area contributed by atoms with E-state index < -0.39 is 0 Å². The third-order valence-electron chi connectivity index (χ3n) is 2.03. The van der Waals surface area contributed by atoms with E-state index in [2.05, 4.69) is 5.32 Å². The minimum atomic E-state index is 0.608. The Hall–Kier alpha value is -1.61. The van der Waals surface area contributed by atoms with E-state index in [1.54, 1.807) is 18.4 Å². The van der Waals surface area contributed by atoms with Gasteiger partial charge in [0.1, 0.15) is 5.76 Å². The van der Waals surface area contributed by atoms with E-state index in [1.807, 2.05) is 18.2 Å². The molecule has 0 atom stereocenters. The van der Waals surface area contributed by atoms with Crippen LogP contribution in [0, 0.1) is 0 Å². The molecule has 2 rings (SSSR count). The zero-order chi connectivity index (χ0) is 10.7. The maximum absolute atomic E-state index is 6.00. The summed E-state index contributed by atoms with van der Waals surface area (Å²) in [6, 6.07) is 9.11. The minimum Gasteiger partial charge on any atom is -0.467 e. The van der Waals surface area contributed by atoms with Crippen LogP contribution in [0.5, 0.6) is 0 Å². The highest BCUT2D eigenvalue weighted by atomic mass is 35.5. The normalized spacial score (nSPS) is 10.2. The lowest BCUT2D eigenvalue weighted by molar-refractivity contribution is 0.518. The Labute approximate surface area is 92.8 Å². The first-order valence-electron chi connectivity index (χ1n) is 4.57. The van der Waals surface area contributed by atoms with Gasteiger partial charge in [0.05, 0.1) is 23.5 Å². The van der Waals surface area contributed by atoms with E-state index >= 15 is 0 Å². The molecule has 0 radical (unpaired) electrons. The molecule has 0 saturated heterocycles. The van der Waals surface area contributed by atoms with Gasteiger partial charge in [0, 0.05) is 5.69 Å². The van der Waals surface area contributed by atoms with E-state index in [9.17, 15) is 0 Å². The Morgan fingerprint density at radius 3 is 2.87 bits per heavy atom. The fourth-order valence-electron chi connectivity index (χ4n) is 1.27. The van der Waals surface area contributed by atoms with Crippen molar-refractivity contribution in [2.45, 2.75) is 6.54 Å². The van der Waals surface area contributed by atoms with Gasteiger partial charge in [0.2, 0.25) is 0 Å². The molecule has 3 nitrogen and oxygen atoms in total. The lowest BCUT2D eigenvalue weighted by atomic mass is 10.3. The van der Waals surface area contributed by atoms with E-state index in [0.717, 1.165) is 11.4 Å². The van der Waals surface area contributed by atoms with Crippen LogP contribution in [0.15, 0.2) is 41.0 Å². The average molecular weight is 223 g/mol. The second-order valence-corrected chi connectivity index (χ2v) is 3.58. The molecule has 3 N–H and O–H groups in total. The third kappa shape index (κ3) is 2.44. The molecule has 0 saturated carbocycles. The molecule has 0 spiro atoms. The van der Waals surface area contributed by atoms with Crippen LogP contribution in [0.25, 0.3) is 0 Å². The Balaban J connectivity index is 2.05. The van der Waals surface area contributed by atoms with Crippen LogP contribution >= 0.6 is 11.6 Å². The highest BCUT2D eigenvalue weighted by molar-refractivity contribution is 6.33. The molecule has 2 aromatic rings. The summed E-state index contributed by atoms with van der Waals surface area (Å²) in [4.78, 5) is 0. The summed E-state index contributed by atoms with van der Waals surface area (Å²) in [5.74, 6) is 0.864. The predicted octanol–water partition coefficient (Wildman–Crippen LogP) is 3.13. The lowest BCUT2D eigenvalue weighted by Crippen LogP contribution is -1.99. The molecular weight excluding hydrogens is 212 g/mol. The molecule has 0 aliphatic heterocycles. The van der Waals surface area contributed by atoms with Crippen molar-refractivity contribution in [2.24, 2.45) is 0 Å². The molecule has 0 aliphatic carbocycles. The third-order valence-corrected chi connectivity index (χ3v) is 2.34. The van der Waals surface area contributed by atoms with Gasteiger partial charge in [-0.1, -0.05) is 11.6 Å². The number of nitrogens with two attached hydrogens (primary N) is 1. The van der Waals surface area contributed by atoms with Gasteiger partial charge in [-0.05, 0) is 30.3 Å². The van der Waals surface area contributed by atoms with Gasteiger partial charge in [-0.15, -0.1) is 0 Å². The lowest BCUT2D eigenvalue weighted by Gasteiger charge is -2.07. The Morgan fingerprint density at radius 1 is 1.33 bits per heavy atom. The van der Waals surface area contributed by atoms with Crippen LogP contribution in [0.2, 0.25) is 5.02 Å². The first-order chi connectivity index (χ1) is 7.25. The number of rotatable bonds is 3. The molecule has 0 bridgehead atoms. The van der Waals surface area contributed by atoms with Gasteiger partial charge < -0.3 is 15.5 Å². The number of nitrogens with one attached hydrogen (secondary N) is 1. The number of halogens is 1. The van der Waals surface area contributed by atoms with Gasteiger partial charge in [0.15, 0.2) is 0 Å². The summed E-state index contributed by atoms with van der Waals surface area (Å²) in [5.41, 5.74) is 7.09. The second kappa shape index (κ2) is 4.28. The molecule has 1 heterocycles. The van der Waals surface area contributed by atoms with Crippen LogP contribution in [-0.4, -0.2) is 0 Å². The summed E-state index contributed by atoms with van der Waals surface area (Å²) < 4.78 is 5.19. The minimum absolute atomic E-state index is 0.608. The molecule has 15 heavy (non-hydrogen) atoms. The SMILES string of the molecule is Nc1ccc(NCc2ccco2)c(Cl)c1. The Kier molecular flexibility index (Phi) is 2.83. The summed E-state index contributed by atoms with van der Waals surface area (Å²) in [6.07, 6.45) is 1.64. The zero-order valence-corrected chi connectivity index (χ0v) is 8.79. The molecule has 1 aromatic carbocycles. The second-order valence-electron chi connectivity index (χ2n) is 3.17. The molecule has 0 amide bonds. The summed E-state index contributed by atoms with van der Waals surface area (Å²) in [5, 5.41) is 3.77. The van der Waals surface area contributed by atoms with Crippen molar-refractivity contribution in [1.29, 1.82) is 0 Å². The zero-order valence-electron chi connectivity index (χ0n) is 8.03. The quantitative estimate of drug-likeness (QED) is 0.785. The van der Waals surface area contributed by atoms with E-state index in [-0.39, 0.29) is 0 Å².